The van der Waals surface area contributed by atoms with Crippen LogP contribution < -0.4 is 0 Å². The van der Waals surface area contributed by atoms with Crippen molar-refractivity contribution in [1.29, 1.82) is 0 Å². The monoisotopic (exact) mass is 398 g/mol. The minimum absolute atomic E-state index is 0.0803. The van der Waals surface area contributed by atoms with Gasteiger partial charge in [0.1, 0.15) is 5.82 Å². The first-order chi connectivity index (χ1) is 13.5. The molecule has 0 saturated carbocycles. The molecule has 0 spiro atoms. The zero-order chi connectivity index (χ0) is 20.1. The lowest BCUT2D eigenvalue weighted by atomic mass is 10.1. The Hall–Kier alpha value is -2.38. The molecule has 1 heterocycles. The van der Waals surface area contributed by atoms with Gasteiger partial charge in [-0.3, -0.25) is 10.1 Å². The van der Waals surface area contributed by atoms with Crippen molar-refractivity contribution in [3.8, 4) is 0 Å². The highest BCUT2D eigenvalue weighted by molar-refractivity contribution is 7.98. The summed E-state index contributed by atoms with van der Waals surface area (Å²) in [6.07, 6.45) is 2.77. The molecular weight excluding hydrogens is 372 g/mol. The maximum atomic E-state index is 11.1. The van der Waals surface area contributed by atoms with Gasteiger partial charge in [-0.05, 0) is 43.1 Å². The number of thioether (sulfide) groups is 1. The average molecular weight is 399 g/mol. The second-order valence-electron chi connectivity index (χ2n) is 6.66. The molecule has 0 unspecified atom stereocenters. The fourth-order valence-electron chi connectivity index (χ4n) is 3.37. The van der Waals surface area contributed by atoms with Gasteiger partial charge >= 0.3 is 0 Å². The number of nitrogens with zero attached hydrogens (tertiary/aromatic N) is 4. The Balaban J connectivity index is 1.97. The summed E-state index contributed by atoms with van der Waals surface area (Å²) in [7, 11) is 0. The number of aromatic nitrogens is 2. The van der Waals surface area contributed by atoms with Crippen LogP contribution in [0.1, 0.15) is 25.2 Å². The molecule has 6 nitrogen and oxygen atoms in total. The third-order valence-electron chi connectivity index (χ3n) is 5.08. The average Bonchev–Trinajstić information content (AvgIpc) is 3.05. The third kappa shape index (κ3) is 4.54. The van der Waals surface area contributed by atoms with Crippen LogP contribution in [0.2, 0.25) is 0 Å². The van der Waals surface area contributed by atoms with Crippen molar-refractivity contribution in [3.05, 3.63) is 64.0 Å². The van der Waals surface area contributed by atoms with Crippen LogP contribution in [-0.2, 0) is 13.0 Å². The molecule has 0 atom stereocenters. The predicted molar refractivity (Wildman–Crippen MR) is 115 cm³/mol. The Morgan fingerprint density at radius 1 is 1.14 bits per heavy atom. The molecule has 0 amide bonds. The smallest absolute Gasteiger partial charge is 0.271 e. The first-order valence-electron chi connectivity index (χ1n) is 9.54. The van der Waals surface area contributed by atoms with Gasteiger partial charge in [0.25, 0.3) is 5.69 Å². The molecular formula is C21H26N4O2S. The number of hydrogen-bond acceptors (Lipinski definition) is 5. The molecule has 0 aliphatic carbocycles. The molecule has 2 aromatic carbocycles. The van der Waals surface area contributed by atoms with E-state index in [9.17, 15) is 10.1 Å². The fraction of sp³-hybridized carbons (Fsp3) is 0.381. The predicted octanol–water partition coefficient (Wildman–Crippen LogP) is 4.60. The van der Waals surface area contributed by atoms with E-state index in [1.54, 1.807) is 23.9 Å². The topological polar surface area (TPSA) is 64.2 Å². The summed E-state index contributed by atoms with van der Waals surface area (Å²) in [5, 5.41) is 11.1. The van der Waals surface area contributed by atoms with E-state index < -0.39 is 0 Å². The van der Waals surface area contributed by atoms with Gasteiger partial charge in [0, 0.05) is 36.5 Å². The maximum absolute atomic E-state index is 11.1. The van der Waals surface area contributed by atoms with Gasteiger partial charge in [-0.2, -0.15) is 0 Å². The van der Waals surface area contributed by atoms with Crippen LogP contribution in [0.5, 0.6) is 0 Å². The van der Waals surface area contributed by atoms with Crippen molar-refractivity contribution in [2.45, 2.75) is 31.7 Å². The number of benzene rings is 2. The lowest BCUT2D eigenvalue weighted by Crippen LogP contribution is -2.27. The van der Waals surface area contributed by atoms with Crippen molar-refractivity contribution in [2.75, 3.05) is 25.9 Å². The Labute approximate surface area is 169 Å². The second-order valence-corrected chi connectivity index (χ2v) is 7.54. The largest absolute Gasteiger partial charge is 0.326 e. The van der Waals surface area contributed by atoms with Crippen molar-refractivity contribution < 1.29 is 4.92 Å². The van der Waals surface area contributed by atoms with Crippen LogP contribution in [0.4, 0.5) is 5.69 Å². The van der Waals surface area contributed by atoms with Crippen LogP contribution in [-0.4, -0.2) is 45.3 Å². The summed E-state index contributed by atoms with van der Waals surface area (Å²) in [5.41, 5.74) is 2.90. The van der Waals surface area contributed by atoms with Gasteiger partial charge in [0.15, 0.2) is 0 Å². The van der Waals surface area contributed by atoms with Gasteiger partial charge in [-0.15, -0.1) is 11.8 Å². The van der Waals surface area contributed by atoms with E-state index in [2.05, 4.69) is 53.8 Å². The summed E-state index contributed by atoms with van der Waals surface area (Å²) >= 11 is 1.72. The van der Waals surface area contributed by atoms with E-state index in [0.717, 1.165) is 37.5 Å². The van der Waals surface area contributed by atoms with E-state index in [1.807, 2.05) is 6.07 Å². The molecule has 0 fully saturated rings. The number of likely N-dealkylation sites (N-methyl/N-ethyl adjacent to an activating group) is 1. The molecule has 1 aromatic heterocycles. The molecule has 3 aromatic rings. The molecule has 0 N–H and O–H groups in total. The Morgan fingerprint density at radius 2 is 1.86 bits per heavy atom. The van der Waals surface area contributed by atoms with E-state index in [-0.39, 0.29) is 10.6 Å². The highest BCUT2D eigenvalue weighted by Gasteiger charge is 2.15. The molecule has 0 saturated heterocycles. The van der Waals surface area contributed by atoms with Crippen molar-refractivity contribution in [3.63, 3.8) is 0 Å². The number of nitro groups is 1. The lowest BCUT2D eigenvalue weighted by Gasteiger charge is -2.19. The standard InChI is InChI=1S/C21H26N4O2S/c1-4-23(5-2)12-13-24-20-11-8-17(25(26)27)15-19(20)22-21(24)14-16-6-9-18(28-3)10-7-16/h6-11,15H,4-5,12-14H2,1-3H3. The van der Waals surface area contributed by atoms with Gasteiger partial charge < -0.3 is 9.47 Å². The Morgan fingerprint density at radius 3 is 2.46 bits per heavy atom. The minimum atomic E-state index is -0.366. The Kier molecular flexibility index (Phi) is 6.70. The van der Waals surface area contributed by atoms with E-state index >= 15 is 0 Å². The van der Waals surface area contributed by atoms with Crippen LogP contribution in [0.25, 0.3) is 11.0 Å². The molecule has 3 rings (SSSR count). The van der Waals surface area contributed by atoms with Crippen molar-refractivity contribution >= 4 is 28.5 Å². The summed E-state index contributed by atoms with van der Waals surface area (Å²) < 4.78 is 2.21. The zero-order valence-electron chi connectivity index (χ0n) is 16.6. The van der Waals surface area contributed by atoms with E-state index in [1.165, 1.54) is 10.5 Å². The second kappa shape index (κ2) is 9.21. The van der Waals surface area contributed by atoms with Crippen LogP contribution in [0, 0.1) is 10.1 Å². The molecule has 28 heavy (non-hydrogen) atoms. The van der Waals surface area contributed by atoms with Crippen molar-refractivity contribution in [1.82, 2.24) is 14.5 Å². The van der Waals surface area contributed by atoms with Crippen molar-refractivity contribution in [2.24, 2.45) is 0 Å². The van der Waals surface area contributed by atoms with Gasteiger partial charge in [-0.25, -0.2) is 4.98 Å². The molecule has 148 valence electrons. The highest BCUT2D eigenvalue weighted by atomic mass is 32.2. The molecule has 0 radical (unpaired) electrons. The summed E-state index contributed by atoms with van der Waals surface area (Å²) in [6.45, 7) is 8.06. The SMILES string of the molecule is CCN(CC)CCn1c(Cc2ccc(SC)cc2)nc2cc([N+](=O)[O-])ccc21. The van der Waals surface area contributed by atoms with Crippen LogP contribution >= 0.6 is 11.8 Å². The minimum Gasteiger partial charge on any atom is -0.326 e. The van der Waals surface area contributed by atoms with Gasteiger partial charge in [-0.1, -0.05) is 26.0 Å². The first-order valence-corrected chi connectivity index (χ1v) is 10.8. The quantitative estimate of drug-likeness (QED) is 0.299. The lowest BCUT2D eigenvalue weighted by molar-refractivity contribution is -0.384. The number of non-ortho nitro benzene ring substituents is 1. The number of rotatable bonds is 9. The van der Waals surface area contributed by atoms with Gasteiger partial charge in [0.05, 0.1) is 16.0 Å². The summed E-state index contributed by atoms with van der Waals surface area (Å²) in [5.74, 6) is 0.944. The van der Waals surface area contributed by atoms with Crippen LogP contribution in [0.15, 0.2) is 47.4 Å². The first kappa shape index (κ1) is 20.4. The number of hydrogen-bond donors (Lipinski definition) is 0. The molecule has 0 bridgehead atoms. The third-order valence-corrected chi connectivity index (χ3v) is 5.82. The summed E-state index contributed by atoms with van der Waals surface area (Å²) in [6, 6.07) is 13.5. The van der Waals surface area contributed by atoms with E-state index in [0.29, 0.717) is 11.9 Å². The zero-order valence-corrected chi connectivity index (χ0v) is 17.4. The molecule has 0 aliphatic heterocycles. The van der Waals surface area contributed by atoms with Gasteiger partial charge in [0.2, 0.25) is 0 Å². The highest BCUT2D eigenvalue weighted by Crippen LogP contribution is 2.24. The molecule has 7 heteroatoms. The number of fused-ring (bicyclic) bond motifs is 1. The maximum Gasteiger partial charge on any atom is 0.271 e. The summed E-state index contributed by atoms with van der Waals surface area (Å²) in [4.78, 5) is 19.1. The number of imidazole rings is 1. The Bertz CT molecular complexity index is 949. The van der Waals surface area contributed by atoms with Crippen LogP contribution in [0.3, 0.4) is 0 Å². The number of nitro benzene ring substituents is 1. The van der Waals surface area contributed by atoms with E-state index in [4.69, 9.17) is 4.98 Å². The fourth-order valence-corrected chi connectivity index (χ4v) is 3.78. The molecule has 0 aliphatic rings. The normalized spacial score (nSPS) is 11.4.